The summed E-state index contributed by atoms with van der Waals surface area (Å²) in [6.45, 7) is 4.59. The van der Waals surface area contributed by atoms with Gasteiger partial charge in [-0.3, -0.25) is 0 Å². The molecule has 0 spiro atoms. The van der Waals surface area contributed by atoms with Gasteiger partial charge in [-0.2, -0.15) is 0 Å². The van der Waals surface area contributed by atoms with E-state index in [1.165, 1.54) is 5.56 Å². The second-order valence-corrected chi connectivity index (χ2v) is 5.50. The molecular formula is C14H16N2OS. The molecule has 1 aromatic carbocycles. The number of thiazole rings is 1. The van der Waals surface area contributed by atoms with E-state index in [0.717, 1.165) is 36.1 Å². The van der Waals surface area contributed by atoms with Crippen LogP contribution in [0.3, 0.4) is 0 Å². The predicted octanol–water partition coefficient (Wildman–Crippen LogP) is 2.72. The van der Waals surface area contributed by atoms with Crippen molar-refractivity contribution in [2.75, 3.05) is 13.2 Å². The fourth-order valence-electron chi connectivity index (χ4n) is 2.24. The Morgan fingerprint density at radius 2 is 2.33 bits per heavy atom. The Morgan fingerprint density at radius 3 is 3.17 bits per heavy atom. The zero-order chi connectivity index (χ0) is 12.4. The molecule has 1 N–H and O–H groups in total. The van der Waals surface area contributed by atoms with Gasteiger partial charge in [0.25, 0.3) is 0 Å². The van der Waals surface area contributed by atoms with Crippen LogP contribution in [-0.2, 0) is 6.54 Å². The summed E-state index contributed by atoms with van der Waals surface area (Å²) in [5, 5.41) is 6.71. The Balaban J connectivity index is 1.56. The first-order valence-electron chi connectivity index (χ1n) is 6.16. The Morgan fingerprint density at radius 1 is 1.44 bits per heavy atom. The van der Waals surface area contributed by atoms with E-state index in [2.05, 4.69) is 27.8 Å². The van der Waals surface area contributed by atoms with Crippen LogP contribution in [0, 0.1) is 6.92 Å². The minimum absolute atomic E-state index is 0.460. The first kappa shape index (κ1) is 11.7. The lowest BCUT2D eigenvalue weighted by Crippen LogP contribution is -2.22. The van der Waals surface area contributed by atoms with E-state index in [0.29, 0.717) is 5.92 Å². The Labute approximate surface area is 111 Å². The van der Waals surface area contributed by atoms with Crippen LogP contribution in [0.2, 0.25) is 0 Å². The van der Waals surface area contributed by atoms with Crippen molar-refractivity contribution in [3.63, 3.8) is 0 Å². The molecule has 94 valence electrons. The zero-order valence-electron chi connectivity index (χ0n) is 10.3. The number of ether oxygens (including phenoxy) is 1. The van der Waals surface area contributed by atoms with Gasteiger partial charge in [0.2, 0.25) is 0 Å². The SMILES string of the molecule is Cc1csc(CNCC2COc3ccccc32)n1. The monoisotopic (exact) mass is 260 g/mol. The maximum absolute atomic E-state index is 5.66. The standard InChI is InChI=1S/C14H16N2OS/c1-10-9-18-14(16-10)7-15-6-11-8-17-13-5-3-2-4-12(11)13/h2-5,9,11,15H,6-8H2,1H3. The molecule has 3 nitrogen and oxygen atoms in total. The number of hydrogen-bond acceptors (Lipinski definition) is 4. The molecule has 2 aromatic rings. The summed E-state index contributed by atoms with van der Waals surface area (Å²) in [4.78, 5) is 4.44. The van der Waals surface area contributed by atoms with Crippen molar-refractivity contribution in [1.82, 2.24) is 10.3 Å². The lowest BCUT2D eigenvalue weighted by molar-refractivity contribution is 0.326. The number of rotatable bonds is 4. The number of nitrogens with zero attached hydrogens (tertiary/aromatic N) is 1. The molecule has 0 amide bonds. The summed E-state index contributed by atoms with van der Waals surface area (Å²) < 4.78 is 5.66. The van der Waals surface area contributed by atoms with Gasteiger partial charge in [0, 0.05) is 35.6 Å². The smallest absolute Gasteiger partial charge is 0.122 e. The van der Waals surface area contributed by atoms with Crippen molar-refractivity contribution >= 4 is 11.3 Å². The highest BCUT2D eigenvalue weighted by Crippen LogP contribution is 2.32. The lowest BCUT2D eigenvalue weighted by Gasteiger charge is -2.09. The van der Waals surface area contributed by atoms with Gasteiger partial charge in [0.1, 0.15) is 10.8 Å². The van der Waals surface area contributed by atoms with Gasteiger partial charge in [0.15, 0.2) is 0 Å². The molecule has 0 saturated carbocycles. The molecule has 0 fully saturated rings. The highest BCUT2D eigenvalue weighted by atomic mass is 32.1. The Kier molecular flexibility index (Phi) is 3.30. The molecule has 1 unspecified atom stereocenters. The summed E-state index contributed by atoms with van der Waals surface area (Å²) >= 11 is 1.71. The molecule has 4 heteroatoms. The van der Waals surface area contributed by atoms with Gasteiger partial charge in [-0.15, -0.1) is 11.3 Å². The van der Waals surface area contributed by atoms with Crippen LogP contribution in [0.25, 0.3) is 0 Å². The van der Waals surface area contributed by atoms with Crippen molar-refractivity contribution in [2.24, 2.45) is 0 Å². The molecule has 2 heterocycles. The molecule has 0 saturated heterocycles. The van der Waals surface area contributed by atoms with E-state index in [9.17, 15) is 0 Å². The molecule has 0 bridgehead atoms. The number of nitrogens with one attached hydrogen (secondary N) is 1. The second kappa shape index (κ2) is 5.08. The molecule has 1 aromatic heterocycles. The minimum Gasteiger partial charge on any atom is -0.493 e. The summed E-state index contributed by atoms with van der Waals surface area (Å²) in [6.07, 6.45) is 0. The summed E-state index contributed by atoms with van der Waals surface area (Å²) in [5.41, 5.74) is 2.42. The first-order valence-corrected chi connectivity index (χ1v) is 7.04. The average Bonchev–Trinajstić information content (AvgIpc) is 2.97. The van der Waals surface area contributed by atoms with Crippen LogP contribution >= 0.6 is 11.3 Å². The maximum atomic E-state index is 5.66. The highest BCUT2D eigenvalue weighted by Gasteiger charge is 2.22. The lowest BCUT2D eigenvalue weighted by atomic mass is 10.0. The fourth-order valence-corrected chi connectivity index (χ4v) is 2.98. The Hall–Kier alpha value is -1.39. The molecule has 0 aliphatic carbocycles. The maximum Gasteiger partial charge on any atom is 0.122 e. The van der Waals surface area contributed by atoms with Gasteiger partial charge >= 0.3 is 0 Å². The molecule has 18 heavy (non-hydrogen) atoms. The number of fused-ring (bicyclic) bond motifs is 1. The molecule has 0 radical (unpaired) electrons. The van der Waals surface area contributed by atoms with Crippen LogP contribution in [0.1, 0.15) is 22.2 Å². The quantitative estimate of drug-likeness (QED) is 0.918. The number of para-hydroxylation sites is 1. The summed E-state index contributed by atoms with van der Waals surface area (Å²) in [5.74, 6) is 1.50. The van der Waals surface area contributed by atoms with Crippen molar-refractivity contribution in [3.8, 4) is 5.75 Å². The fraction of sp³-hybridized carbons (Fsp3) is 0.357. The molecule has 1 aliphatic rings. The third kappa shape index (κ3) is 2.40. The van der Waals surface area contributed by atoms with Crippen molar-refractivity contribution in [1.29, 1.82) is 0 Å². The van der Waals surface area contributed by atoms with Gasteiger partial charge < -0.3 is 10.1 Å². The van der Waals surface area contributed by atoms with Gasteiger partial charge in [-0.05, 0) is 13.0 Å². The van der Waals surface area contributed by atoms with Gasteiger partial charge in [-0.25, -0.2) is 4.98 Å². The molecule has 3 rings (SSSR count). The number of benzene rings is 1. The zero-order valence-corrected chi connectivity index (χ0v) is 11.2. The number of aromatic nitrogens is 1. The van der Waals surface area contributed by atoms with Crippen molar-refractivity contribution in [2.45, 2.75) is 19.4 Å². The third-order valence-electron chi connectivity index (χ3n) is 3.13. The van der Waals surface area contributed by atoms with Crippen LogP contribution in [0.5, 0.6) is 5.75 Å². The largest absolute Gasteiger partial charge is 0.493 e. The van der Waals surface area contributed by atoms with Crippen LogP contribution in [-0.4, -0.2) is 18.1 Å². The van der Waals surface area contributed by atoms with E-state index in [-0.39, 0.29) is 0 Å². The van der Waals surface area contributed by atoms with E-state index in [1.54, 1.807) is 11.3 Å². The first-order chi connectivity index (χ1) is 8.83. The van der Waals surface area contributed by atoms with Crippen molar-refractivity contribution < 1.29 is 4.74 Å². The molecule has 1 aliphatic heterocycles. The summed E-state index contributed by atoms with van der Waals surface area (Å²) in [7, 11) is 0. The van der Waals surface area contributed by atoms with Gasteiger partial charge in [-0.1, -0.05) is 18.2 Å². The predicted molar refractivity (Wildman–Crippen MR) is 73.2 cm³/mol. The van der Waals surface area contributed by atoms with E-state index in [4.69, 9.17) is 4.74 Å². The molecule has 1 atom stereocenters. The normalized spacial score (nSPS) is 17.5. The topological polar surface area (TPSA) is 34.1 Å². The third-order valence-corrected chi connectivity index (χ3v) is 4.10. The molecular weight excluding hydrogens is 244 g/mol. The van der Waals surface area contributed by atoms with Crippen LogP contribution in [0.15, 0.2) is 29.6 Å². The van der Waals surface area contributed by atoms with Crippen LogP contribution in [0.4, 0.5) is 0 Å². The van der Waals surface area contributed by atoms with Gasteiger partial charge in [0.05, 0.1) is 6.61 Å². The highest BCUT2D eigenvalue weighted by molar-refractivity contribution is 7.09. The van der Waals surface area contributed by atoms with E-state index < -0.39 is 0 Å². The number of aryl methyl sites for hydroxylation is 1. The van der Waals surface area contributed by atoms with E-state index >= 15 is 0 Å². The number of hydrogen-bond donors (Lipinski definition) is 1. The van der Waals surface area contributed by atoms with E-state index in [1.807, 2.05) is 19.1 Å². The Bertz CT molecular complexity index is 538. The average molecular weight is 260 g/mol. The second-order valence-electron chi connectivity index (χ2n) is 4.56. The summed E-state index contributed by atoms with van der Waals surface area (Å²) in [6, 6.07) is 8.29. The minimum atomic E-state index is 0.460. The van der Waals surface area contributed by atoms with Crippen LogP contribution < -0.4 is 10.1 Å². The van der Waals surface area contributed by atoms with Crippen molar-refractivity contribution in [3.05, 3.63) is 45.9 Å².